The van der Waals surface area contributed by atoms with Gasteiger partial charge in [-0.25, -0.2) is 17.8 Å². The number of H-pyrrole nitrogens is 1. The minimum atomic E-state index is -4.95. The number of halogens is 5. The smallest absolute Gasteiger partial charge is 0.404 e. The molecule has 3 N–H and O–H groups in total. The van der Waals surface area contributed by atoms with Crippen molar-refractivity contribution in [2.45, 2.75) is 19.7 Å². The molecule has 0 aliphatic heterocycles. The zero-order valence-corrected chi connectivity index (χ0v) is 21.0. The van der Waals surface area contributed by atoms with E-state index in [4.69, 9.17) is 16.3 Å². The molecule has 0 fully saturated rings. The molecule has 0 aliphatic carbocycles. The fraction of sp³-hybridized carbons (Fsp3) is 0.174. The molecule has 0 unspecified atom stereocenters. The Labute approximate surface area is 219 Å². The molecule has 0 bridgehead atoms. The van der Waals surface area contributed by atoms with Gasteiger partial charge in [0, 0.05) is 11.6 Å². The van der Waals surface area contributed by atoms with Crippen LogP contribution in [0.1, 0.15) is 11.3 Å². The van der Waals surface area contributed by atoms with Gasteiger partial charge in [0.15, 0.2) is 11.6 Å². The molecule has 0 amide bonds. The molecule has 15 heteroatoms. The summed E-state index contributed by atoms with van der Waals surface area (Å²) in [6.07, 6.45) is -1.85. The summed E-state index contributed by atoms with van der Waals surface area (Å²) < 4.78 is 83.8. The Morgan fingerprint density at radius 2 is 1.84 bits per heavy atom. The van der Waals surface area contributed by atoms with Crippen LogP contribution in [0.5, 0.6) is 5.75 Å². The van der Waals surface area contributed by atoms with E-state index in [9.17, 15) is 26.0 Å². The van der Waals surface area contributed by atoms with E-state index in [2.05, 4.69) is 25.5 Å². The van der Waals surface area contributed by atoms with Gasteiger partial charge in [-0.15, -0.1) is 0 Å². The van der Waals surface area contributed by atoms with E-state index in [-0.39, 0.29) is 23.1 Å². The van der Waals surface area contributed by atoms with Crippen LogP contribution in [-0.2, 0) is 16.6 Å². The summed E-state index contributed by atoms with van der Waals surface area (Å²) in [7, 11) is -4.80. The van der Waals surface area contributed by atoms with Crippen LogP contribution in [0.3, 0.4) is 0 Å². The second kappa shape index (κ2) is 10.8. The molecule has 2 heterocycles. The molecule has 38 heavy (non-hydrogen) atoms. The summed E-state index contributed by atoms with van der Waals surface area (Å²) in [5.74, 6) is -2.03. The second-order valence-electron chi connectivity index (χ2n) is 8.06. The van der Waals surface area contributed by atoms with Gasteiger partial charge in [-0.3, -0.25) is 14.8 Å². The third kappa shape index (κ3) is 7.32. The molecule has 2 aromatic heterocycles. The van der Waals surface area contributed by atoms with Gasteiger partial charge in [0.2, 0.25) is 10.0 Å². The maximum absolute atomic E-state index is 13.8. The number of aryl methyl sites for hydroxylation is 1. The van der Waals surface area contributed by atoms with E-state index in [0.29, 0.717) is 28.5 Å². The van der Waals surface area contributed by atoms with E-state index in [1.807, 2.05) is 4.72 Å². The minimum Gasteiger partial charge on any atom is -0.487 e. The molecule has 4 aromatic rings. The fourth-order valence-corrected chi connectivity index (χ4v) is 4.35. The van der Waals surface area contributed by atoms with Gasteiger partial charge >= 0.3 is 6.18 Å². The lowest BCUT2D eigenvalue weighted by atomic mass is 10.1. The van der Waals surface area contributed by atoms with Crippen molar-refractivity contribution in [1.29, 1.82) is 0 Å². The van der Waals surface area contributed by atoms with Gasteiger partial charge in [-0.05, 0) is 36.8 Å². The number of hydrogen-bond acceptors (Lipinski definition) is 7. The highest BCUT2D eigenvalue weighted by molar-refractivity contribution is 7.92. The molecule has 0 radical (unpaired) electrons. The third-order valence-electron chi connectivity index (χ3n) is 4.91. The van der Waals surface area contributed by atoms with Crippen LogP contribution in [0, 0.1) is 12.7 Å². The summed E-state index contributed by atoms with van der Waals surface area (Å²) in [6.45, 7) is 1.56. The van der Waals surface area contributed by atoms with Crippen LogP contribution < -0.4 is 14.8 Å². The summed E-state index contributed by atoms with van der Waals surface area (Å²) in [6, 6.07) is 9.67. The van der Waals surface area contributed by atoms with Crippen molar-refractivity contribution in [2.75, 3.05) is 15.8 Å². The van der Waals surface area contributed by atoms with Crippen LogP contribution in [0.15, 0.2) is 54.9 Å². The molecule has 0 aliphatic rings. The van der Waals surface area contributed by atoms with Crippen LogP contribution in [0.2, 0.25) is 5.02 Å². The Morgan fingerprint density at radius 3 is 2.53 bits per heavy atom. The number of aromatic amines is 1. The first kappa shape index (κ1) is 27.1. The lowest BCUT2D eigenvalue weighted by Gasteiger charge is -2.16. The van der Waals surface area contributed by atoms with Crippen LogP contribution >= 0.6 is 11.6 Å². The number of nitrogens with one attached hydrogen (secondary N) is 3. The third-order valence-corrected chi connectivity index (χ3v) is 6.45. The highest BCUT2D eigenvalue weighted by Gasteiger charge is 2.35. The number of benzene rings is 2. The Morgan fingerprint density at radius 1 is 1.05 bits per heavy atom. The van der Waals surface area contributed by atoms with Crippen molar-refractivity contribution in [1.82, 2.24) is 20.2 Å². The summed E-state index contributed by atoms with van der Waals surface area (Å²) in [5.41, 5.74) is 1.79. The first-order valence-corrected chi connectivity index (χ1v) is 12.8. The quantitative estimate of drug-likeness (QED) is 0.224. The van der Waals surface area contributed by atoms with Gasteiger partial charge in [0.05, 0.1) is 34.5 Å². The molecule has 200 valence electrons. The number of ether oxygens (including phenoxy) is 1. The molecule has 0 atom stereocenters. The molecule has 0 saturated heterocycles. The van der Waals surface area contributed by atoms with Gasteiger partial charge in [-0.1, -0.05) is 23.7 Å². The van der Waals surface area contributed by atoms with Gasteiger partial charge in [0.25, 0.3) is 0 Å². The molecular formula is C23H19ClF4N6O3S. The van der Waals surface area contributed by atoms with E-state index in [0.717, 1.165) is 11.8 Å². The van der Waals surface area contributed by atoms with Gasteiger partial charge in [-0.2, -0.15) is 18.3 Å². The van der Waals surface area contributed by atoms with Crippen LogP contribution in [0.25, 0.3) is 11.3 Å². The predicted octanol–water partition coefficient (Wildman–Crippen LogP) is 5.59. The molecule has 0 saturated carbocycles. The lowest BCUT2D eigenvalue weighted by Crippen LogP contribution is -2.28. The van der Waals surface area contributed by atoms with Crippen molar-refractivity contribution < 1.29 is 30.7 Å². The fourth-order valence-electron chi connectivity index (χ4n) is 3.23. The van der Waals surface area contributed by atoms with Gasteiger partial charge in [0.1, 0.15) is 24.0 Å². The number of sulfonamides is 1. The Balaban J connectivity index is 1.61. The van der Waals surface area contributed by atoms with Gasteiger partial charge < -0.3 is 10.1 Å². The van der Waals surface area contributed by atoms with E-state index in [1.165, 1.54) is 36.5 Å². The first-order chi connectivity index (χ1) is 17.9. The number of anilines is 3. The van der Waals surface area contributed by atoms with Crippen molar-refractivity contribution in [3.63, 3.8) is 0 Å². The van der Waals surface area contributed by atoms with Crippen molar-refractivity contribution in [3.8, 4) is 17.0 Å². The topological polar surface area (TPSA) is 122 Å². The maximum atomic E-state index is 13.8. The zero-order chi connectivity index (χ0) is 27.5. The highest BCUT2D eigenvalue weighted by Crippen LogP contribution is 2.33. The molecular weight excluding hydrogens is 552 g/mol. The van der Waals surface area contributed by atoms with Crippen molar-refractivity contribution in [3.05, 3.63) is 77.0 Å². The summed E-state index contributed by atoms with van der Waals surface area (Å²) >= 11 is 5.69. The summed E-state index contributed by atoms with van der Waals surface area (Å²) in [5, 5.41) is 9.80. The number of rotatable bonds is 9. The highest BCUT2D eigenvalue weighted by atomic mass is 35.5. The average molecular weight is 571 g/mol. The van der Waals surface area contributed by atoms with Crippen molar-refractivity contribution >= 4 is 38.9 Å². The van der Waals surface area contributed by atoms with E-state index < -0.39 is 27.8 Å². The number of aromatic nitrogens is 4. The standard InChI is InChI=1S/C23H19ClF4N6O3S/c1-13-9-30-22(10-29-13)31-21-8-19(32-33-21)15-3-5-18(34-38(35,36)12-23(26,27)28)20(7-15)37-11-14-2-4-16(24)17(25)6-14/h2-10,34H,11-12H2,1H3,(H2,30,31,32,33). The van der Waals surface area contributed by atoms with Crippen LogP contribution in [-0.4, -0.2) is 40.5 Å². The number of alkyl halides is 3. The minimum absolute atomic E-state index is 0.0999. The average Bonchev–Trinajstić information content (AvgIpc) is 3.29. The Bertz CT molecular complexity index is 1550. The molecule has 4 rings (SSSR count). The lowest BCUT2D eigenvalue weighted by molar-refractivity contribution is -0.106. The zero-order valence-electron chi connectivity index (χ0n) is 19.5. The number of nitrogens with zero attached hydrogens (tertiary/aromatic N) is 3. The first-order valence-electron chi connectivity index (χ1n) is 10.8. The molecule has 9 nitrogen and oxygen atoms in total. The van der Waals surface area contributed by atoms with Crippen molar-refractivity contribution in [2.24, 2.45) is 0 Å². The van der Waals surface area contributed by atoms with E-state index >= 15 is 0 Å². The number of hydrogen-bond donors (Lipinski definition) is 3. The monoisotopic (exact) mass is 570 g/mol. The molecule has 0 spiro atoms. The predicted molar refractivity (Wildman–Crippen MR) is 133 cm³/mol. The second-order valence-corrected chi connectivity index (χ2v) is 10.2. The normalized spacial score (nSPS) is 11.8. The SMILES string of the molecule is Cc1cnc(Nc2cc(-c3ccc(NS(=O)(=O)CC(F)(F)F)c(OCc4ccc(Cl)c(F)c4)c3)[nH]n2)cn1. The molecule has 2 aromatic carbocycles. The van der Waals surface area contributed by atoms with E-state index in [1.54, 1.807) is 19.2 Å². The summed E-state index contributed by atoms with van der Waals surface area (Å²) in [4.78, 5) is 8.31. The largest absolute Gasteiger partial charge is 0.487 e. The Kier molecular flexibility index (Phi) is 7.73. The van der Waals surface area contributed by atoms with Crippen LogP contribution in [0.4, 0.5) is 34.9 Å². The Hall–Kier alpha value is -3.91. The maximum Gasteiger partial charge on any atom is 0.404 e.